The molecule has 0 spiro atoms. The minimum Gasteiger partial charge on any atom is -0.382 e. The van der Waals surface area contributed by atoms with Crippen molar-refractivity contribution >= 4 is 23.1 Å². The molecule has 0 aliphatic carbocycles. The van der Waals surface area contributed by atoms with Gasteiger partial charge in [0.05, 0.1) is 11.9 Å². The van der Waals surface area contributed by atoms with Gasteiger partial charge in [-0.2, -0.15) is 4.98 Å². The van der Waals surface area contributed by atoms with Crippen LogP contribution in [0.15, 0.2) is 49.2 Å². The molecule has 1 fully saturated rings. The number of benzene rings is 1. The molecule has 0 amide bonds. The second kappa shape index (κ2) is 6.83. The summed E-state index contributed by atoms with van der Waals surface area (Å²) in [5, 5.41) is 0. The number of hydrogen-bond donors (Lipinski definition) is 2. The summed E-state index contributed by atoms with van der Waals surface area (Å²) >= 11 is 0. The predicted molar refractivity (Wildman–Crippen MR) is 103 cm³/mol. The van der Waals surface area contributed by atoms with Crippen LogP contribution in [0.25, 0.3) is 11.1 Å². The molecule has 1 aliphatic rings. The van der Waals surface area contributed by atoms with Gasteiger partial charge in [0, 0.05) is 49.8 Å². The molecule has 0 bridgehead atoms. The zero-order valence-electron chi connectivity index (χ0n) is 14.3. The fraction of sp³-hybridized carbons (Fsp3) is 0.222. The Labute approximate surface area is 151 Å². The standard InChI is InChI=1S/C18H20N8/c19-17-16(11-23-18(20)24-17)26-6-4-25(5-7-26)15-3-1-2-13(8-15)14-9-21-12-22-10-14/h1-3,8-12H,4-7H2,(H4,19,20,23,24). The van der Waals surface area contributed by atoms with Crippen LogP contribution in [0.3, 0.4) is 0 Å². The molecule has 0 saturated carbocycles. The molecule has 1 saturated heterocycles. The summed E-state index contributed by atoms with van der Waals surface area (Å²) in [6.07, 6.45) is 6.89. The Balaban J connectivity index is 1.48. The minimum atomic E-state index is 0.201. The molecular formula is C18H20N8. The number of nitrogen functional groups attached to an aromatic ring is 2. The number of hydrogen-bond acceptors (Lipinski definition) is 8. The van der Waals surface area contributed by atoms with Crippen molar-refractivity contribution in [3.8, 4) is 11.1 Å². The normalized spacial score (nSPS) is 14.5. The van der Waals surface area contributed by atoms with E-state index in [1.807, 2.05) is 12.4 Å². The van der Waals surface area contributed by atoms with E-state index in [0.29, 0.717) is 5.82 Å². The molecule has 8 nitrogen and oxygen atoms in total. The summed E-state index contributed by atoms with van der Waals surface area (Å²) in [6.45, 7) is 3.46. The van der Waals surface area contributed by atoms with Crippen molar-refractivity contribution in [1.29, 1.82) is 0 Å². The van der Waals surface area contributed by atoms with Gasteiger partial charge in [-0.3, -0.25) is 0 Å². The quantitative estimate of drug-likeness (QED) is 0.731. The van der Waals surface area contributed by atoms with E-state index >= 15 is 0 Å². The average molecular weight is 348 g/mol. The van der Waals surface area contributed by atoms with Crippen LogP contribution >= 0.6 is 0 Å². The monoisotopic (exact) mass is 348 g/mol. The summed E-state index contributed by atoms with van der Waals surface area (Å²) in [4.78, 5) is 20.9. The van der Waals surface area contributed by atoms with E-state index in [9.17, 15) is 0 Å². The van der Waals surface area contributed by atoms with Crippen molar-refractivity contribution in [2.24, 2.45) is 0 Å². The molecule has 0 unspecified atom stereocenters. The zero-order chi connectivity index (χ0) is 17.9. The van der Waals surface area contributed by atoms with E-state index in [0.717, 1.165) is 43.0 Å². The Bertz CT molecular complexity index is 891. The molecule has 132 valence electrons. The second-order valence-corrected chi connectivity index (χ2v) is 6.15. The second-order valence-electron chi connectivity index (χ2n) is 6.15. The molecule has 4 rings (SSSR count). The molecule has 2 aromatic heterocycles. The zero-order valence-corrected chi connectivity index (χ0v) is 14.3. The summed E-state index contributed by atoms with van der Waals surface area (Å²) < 4.78 is 0. The molecule has 3 heterocycles. The maximum Gasteiger partial charge on any atom is 0.222 e. The lowest BCUT2D eigenvalue weighted by molar-refractivity contribution is 0.652. The summed E-state index contributed by atoms with van der Waals surface area (Å²) in [5.41, 5.74) is 15.7. The first kappa shape index (κ1) is 16.1. The molecule has 4 N–H and O–H groups in total. The van der Waals surface area contributed by atoms with Gasteiger partial charge in [-0.25, -0.2) is 15.0 Å². The molecule has 8 heteroatoms. The first-order valence-electron chi connectivity index (χ1n) is 8.44. The molecule has 0 atom stereocenters. The van der Waals surface area contributed by atoms with Gasteiger partial charge in [-0.05, 0) is 17.7 Å². The van der Waals surface area contributed by atoms with Crippen LogP contribution in [0.5, 0.6) is 0 Å². The third-order valence-electron chi connectivity index (χ3n) is 4.54. The Morgan fingerprint density at radius 1 is 0.846 bits per heavy atom. The van der Waals surface area contributed by atoms with Gasteiger partial charge in [0.25, 0.3) is 0 Å². The van der Waals surface area contributed by atoms with Gasteiger partial charge in [-0.1, -0.05) is 12.1 Å². The highest BCUT2D eigenvalue weighted by Gasteiger charge is 2.20. The third-order valence-corrected chi connectivity index (χ3v) is 4.54. The fourth-order valence-electron chi connectivity index (χ4n) is 3.18. The summed E-state index contributed by atoms with van der Waals surface area (Å²) in [5.74, 6) is 0.628. The average Bonchev–Trinajstić information content (AvgIpc) is 2.69. The Morgan fingerprint density at radius 3 is 2.31 bits per heavy atom. The van der Waals surface area contributed by atoms with Crippen LogP contribution < -0.4 is 21.3 Å². The first-order chi connectivity index (χ1) is 12.7. The van der Waals surface area contributed by atoms with Crippen molar-refractivity contribution in [3.63, 3.8) is 0 Å². The highest BCUT2D eigenvalue weighted by Crippen LogP contribution is 2.27. The lowest BCUT2D eigenvalue weighted by atomic mass is 10.1. The number of aromatic nitrogens is 4. The van der Waals surface area contributed by atoms with E-state index in [4.69, 9.17) is 11.5 Å². The number of piperazine rings is 1. The van der Waals surface area contributed by atoms with E-state index < -0.39 is 0 Å². The van der Waals surface area contributed by atoms with E-state index in [-0.39, 0.29) is 5.95 Å². The van der Waals surface area contributed by atoms with Crippen molar-refractivity contribution in [1.82, 2.24) is 19.9 Å². The predicted octanol–water partition coefficient (Wildman–Crippen LogP) is 1.42. The van der Waals surface area contributed by atoms with Crippen LogP contribution in [-0.4, -0.2) is 46.1 Å². The van der Waals surface area contributed by atoms with Crippen LogP contribution in [-0.2, 0) is 0 Å². The summed E-state index contributed by atoms with van der Waals surface area (Å²) in [7, 11) is 0. The largest absolute Gasteiger partial charge is 0.382 e. The highest BCUT2D eigenvalue weighted by atomic mass is 15.3. The van der Waals surface area contributed by atoms with Crippen molar-refractivity contribution in [2.45, 2.75) is 0 Å². The first-order valence-corrected chi connectivity index (χ1v) is 8.44. The van der Waals surface area contributed by atoms with Crippen LogP contribution in [0.4, 0.5) is 23.1 Å². The smallest absolute Gasteiger partial charge is 0.222 e. The van der Waals surface area contributed by atoms with E-state index in [1.165, 1.54) is 5.69 Å². The maximum atomic E-state index is 5.98. The van der Waals surface area contributed by atoms with Crippen molar-refractivity contribution < 1.29 is 0 Å². The highest BCUT2D eigenvalue weighted by molar-refractivity contribution is 5.68. The van der Waals surface area contributed by atoms with Crippen LogP contribution in [0, 0.1) is 0 Å². The van der Waals surface area contributed by atoms with Crippen molar-refractivity contribution in [2.75, 3.05) is 47.4 Å². The van der Waals surface area contributed by atoms with Crippen LogP contribution in [0.1, 0.15) is 0 Å². The van der Waals surface area contributed by atoms with Gasteiger partial charge in [-0.15, -0.1) is 0 Å². The van der Waals surface area contributed by atoms with E-state index in [1.54, 1.807) is 12.5 Å². The Kier molecular flexibility index (Phi) is 4.22. The Morgan fingerprint density at radius 2 is 1.58 bits per heavy atom. The molecule has 3 aromatic rings. The van der Waals surface area contributed by atoms with Gasteiger partial charge < -0.3 is 21.3 Å². The SMILES string of the molecule is Nc1ncc(N2CCN(c3cccc(-c4cncnc4)c3)CC2)c(N)n1. The molecule has 1 aliphatic heterocycles. The number of nitrogens with two attached hydrogens (primary N) is 2. The lowest BCUT2D eigenvalue weighted by Gasteiger charge is -2.37. The topological polar surface area (TPSA) is 110 Å². The molecule has 26 heavy (non-hydrogen) atoms. The fourth-order valence-corrected chi connectivity index (χ4v) is 3.18. The van der Waals surface area contributed by atoms with Gasteiger partial charge in [0.15, 0.2) is 5.82 Å². The third kappa shape index (κ3) is 3.21. The van der Waals surface area contributed by atoms with Gasteiger partial charge in [0.2, 0.25) is 5.95 Å². The molecule has 1 aromatic carbocycles. The van der Waals surface area contributed by atoms with Gasteiger partial charge >= 0.3 is 0 Å². The van der Waals surface area contributed by atoms with Gasteiger partial charge in [0.1, 0.15) is 6.33 Å². The summed E-state index contributed by atoms with van der Waals surface area (Å²) in [6, 6.07) is 8.44. The molecular weight excluding hydrogens is 328 g/mol. The lowest BCUT2D eigenvalue weighted by Crippen LogP contribution is -2.46. The van der Waals surface area contributed by atoms with Crippen LogP contribution in [0.2, 0.25) is 0 Å². The minimum absolute atomic E-state index is 0.201. The van der Waals surface area contributed by atoms with Crippen molar-refractivity contribution in [3.05, 3.63) is 49.2 Å². The number of rotatable bonds is 3. The maximum absolute atomic E-state index is 5.98. The Hall–Kier alpha value is -3.42. The number of anilines is 4. The molecule has 0 radical (unpaired) electrons. The number of nitrogens with zero attached hydrogens (tertiary/aromatic N) is 6. The van der Waals surface area contributed by atoms with E-state index in [2.05, 4.69) is 54.0 Å².